The van der Waals surface area contributed by atoms with Gasteiger partial charge in [0.05, 0.1) is 11.6 Å². The van der Waals surface area contributed by atoms with Crippen LogP contribution < -0.4 is 5.32 Å². The Kier molecular flexibility index (Phi) is 9.24. The van der Waals surface area contributed by atoms with Gasteiger partial charge in [-0.05, 0) is 63.6 Å². The van der Waals surface area contributed by atoms with Crippen LogP contribution in [0.4, 0.5) is 22.0 Å². The fourth-order valence-electron chi connectivity index (χ4n) is 4.53. The number of aryl methyl sites for hydroxylation is 1. The number of nitrogens with one attached hydrogen (secondary N) is 1. The highest BCUT2D eigenvalue weighted by molar-refractivity contribution is 5.82. The molecule has 34 heavy (non-hydrogen) atoms. The lowest BCUT2D eigenvalue weighted by Gasteiger charge is -2.40. The Labute approximate surface area is 198 Å². The SMILES string of the molecule is CC(=O)CC1(C)CCN(C(=O)[C@@H]2CCCCN2)CC1.Cc1cc(C(C)(F)F)cc(C(F)(F)F)c1. The normalized spacial score (nSPS) is 20.9. The van der Waals surface area contributed by atoms with Gasteiger partial charge >= 0.3 is 6.18 Å². The number of hydrogen-bond donors (Lipinski definition) is 1. The van der Waals surface area contributed by atoms with Gasteiger partial charge in [-0.25, -0.2) is 8.78 Å². The number of alkyl halides is 5. The Morgan fingerprint density at radius 3 is 2.12 bits per heavy atom. The van der Waals surface area contributed by atoms with Gasteiger partial charge in [0, 0.05) is 32.0 Å². The van der Waals surface area contributed by atoms with Gasteiger partial charge in [-0.1, -0.05) is 25.0 Å². The second-order valence-corrected chi connectivity index (χ2v) is 9.99. The molecular weight excluding hydrogens is 455 g/mol. The molecule has 2 heterocycles. The van der Waals surface area contributed by atoms with Crippen molar-refractivity contribution in [1.29, 1.82) is 0 Å². The minimum atomic E-state index is -4.59. The minimum absolute atomic E-state index is 0.0333. The summed E-state index contributed by atoms with van der Waals surface area (Å²) in [6.07, 6.45) is 1.26. The highest BCUT2D eigenvalue weighted by Crippen LogP contribution is 2.36. The van der Waals surface area contributed by atoms with Crippen molar-refractivity contribution in [2.75, 3.05) is 19.6 Å². The van der Waals surface area contributed by atoms with Crippen molar-refractivity contribution >= 4 is 11.7 Å². The molecule has 2 aliphatic heterocycles. The Morgan fingerprint density at radius 2 is 1.65 bits per heavy atom. The topological polar surface area (TPSA) is 49.4 Å². The zero-order chi connectivity index (χ0) is 25.7. The molecule has 0 aromatic heterocycles. The molecule has 2 aliphatic rings. The summed E-state index contributed by atoms with van der Waals surface area (Å²) in [4.78, 5) is 25.7. The minimum Gasteiger partial charge on any atom is -0.341 e. The molecule has 4 nitrogen and oxygen atoms in total. The quantitative estimate of drug-likeness (QED) is 0.538. The van der Waals surface area contributed by atoms with E-state index in [4.69, 9.17) is 0 Å². The van der Waals surface area contributed by atoms with E-state index in [0.717, 1.165) is 57.5 Å². The van der Waals surface area contributed by atoms with Gasteiger partial charge in [0.2, 0.25) is 5.91 Å². The van der Waals surface area contributed by atoms with Crippen molar-refractivity contribution in [3.05, 3.63) is 34.9 Å². The lowest BCUT2D eigenvalue weighted by molar-refractivity contribution is -0.138. The molecule has 192 valence electrons. The zero-order valence-corrected chi connectivity index (χ0v) is 20.3. The Hall–Kier alpha value is -2.03. The van der Waals surface area contributed by atoms with E-state index in [9.17, 15) is 31.5 Å². The predicted octanol–water partition coefficient (Wildman–Crippen LogP) is 5.86. The van der Waals surface area contributed by atoms with Crippen molar-refractivity contribution in [2.24, 2.45) is 5.41 Å². The van der Waals surface area contributed by atoms with Crippen molar-refractivity contribution in [3.63, 3.8) is 0 Å². The molecule has 9 heteroatoms. The van der Waals surface area contributed by atoms with E-state index in [1.54, 1.807) is 6.92 Å². The lowest BCUT2D eigenvalue weighted by Crippen LogP contribution is -2.52. The van der Waals surface area contributed by atoms with Crippen LogP contribution in [-0.4, -0.2) is 42.3 Å². The zero-order valence-electron chi connectivity index (χ0n) is 20.3. The first-order valence-electron chi connectivity index (χ1n) is 11.7. The molecule has 0 unspecified atom stereocenters. The molecule has 1 N–H and O–H groups in total. The number of carbonyl (C=O) groups is 2. The largest absolute Gasteiger partial charge is 0.416 e. The van der Waals surface area contributed by atoms with E-state index < -0.39 is 23.2 Å². The molecule has 0 radical (unpaired) electrons. The summed E-state index contributed by atoms with van der Waals surface area (Å²) in [5.74, 6) is -2.73. The number of rotatable bonds is 4. The van der Waals surface area contributed by atoms with E-state index in [2.05, 4.69) is 12.2 Å². The van der Waals surface area contributed by atoms with E-state index >= 15 is 0 Å². The molecule has 0 spiro atoms. The van der Waals surface area contributed by atoms with Gasteiger partial charge in [-0.3, -0.25) is 4.79 Å². The number of amides is 1. The van der Waals surface area contributed by atoms with Crippen LogP contribution in [0.15, 0.2) is 18.2 Å². The fraction of sp³-hybridized carbons (Fsp3) is 0.680. The number of ketones is 1. The van der Waals surface area contributed by atoms with Crippen LogP contribution >= 0.6 is 0 Å². The number of hydrogen-bond acceptors (Lipinski definition) is 3. The molecule has 1 amide bonds. The number of piperidine rings is 2. The number of benzene rings is 1. The summed E-state index contributed by atoms with van der Waals surface area (Å²) < 4.78 is 62.5. The number of Topliss-reactive ketones (excluding diaryl/α,β-unsaturated/α-hetero) is 1. The molecule has 1 aromatic rings. The average molecular weight is 491 g/mol. The van der Waals surface area contributed by atoms with Gasteiger partial charge < -0.3 is 15.0 Å². The third-order valence-electron chi connectivity index (χ3n) is 6.48. The molecule has 0 bridgehead atoms. The second-order valence-electron chi connectivity index (χ2n) is 9.99. The Morgan fingerprint density at radius 1 is 1.06 bits per heavy atom. The van der Waals surface area contributed by atoms with Crippen molar-refractivity contribution in [3.8, 4) is 0 Å². The maximum absolute atomic E-state index is 12.8. The van der Waals surface area contributed by atoms with Crippen molar-refractivity contribution in [1.82, 2.24) is 10.2 Å². The summed E-state index contributed by atoms with van der Waals surface area (Å²) >= 11 is 0. The van der Waals surface area contributed by atoms with Crippen LogP contribution in [0.1, 0.15) is 76.0 Å². The van der Waals surface area contributed by atoms with Gasteiger partial charge in [-0.2, -0.15) is 13.2 Å². The summed E-state index contributed by atoms with van der Waals surface area (Å²) in [6, 6.07) is 2.41. The molecule has 3 rings (SSSR count). The van der Waals surface area contributed by atoms with Crippen LogP contribution in [-0.2, 0) is 21.7 Å². The smallest absolute Gasteiger partial charge is 0.341 e. The maximum atomic E-state index is 12.8. The molecule has 0 aliphatic carbocycles. The van der Waals surface area contributed by atoms with Gasteiger partial charge in [0.1, 0.15) is 5.78 Å². The van der Waals surface area contributed by atoms with E-state index in [0.29, 0.717) is 19.4 Å². The van der Waals surface area contributed by atoms with Crippen molar-refractivity contribution < 1.29 is 31.5 Å². The Balaban J connectivity index is 0.000000248. The molecule has 2 saturated heterocycles. The molecule has 0 saturated carbocycles. The molecule has 1 aromatic carbocycles. The maximum Gasteiger partial charge on any atom is 0.416 e. The summed E-state index contributed by atoms with van der Waals surface area (Å²) in [5.41, 5.74) is -1.39. The summed E-state index contributed by atoms with van der Waals surface area (Å²) in [5, 5.41) is 3.32. The highest BCUT2D eigenvalue weighted by Gasteiger charge is 2.35. The average Bonchev–Trinajstić information content (AvgIpc) is 2.72. The second kappa shape index (κ2) is 11.1. The summed E-state index contributed by atoms with van der Waals surface area (Å²) in [7, 11) is 0. The first-order valence-corrected chi connectivity index (χ1v) is 11.7. The van der Waals surface area contributed by atoms with Gasteiger partial charge in [-0.15, -0.1) is 0 Å². The van der Waals surface area contributed by atoms with Crippen LogP contribution in [0, 0.1) is 12.3 Å². The number of carbonyl (C=O) groups excluding carboxylic acids is 2. The number of likely N-dealkylation sites (tertiary alicyclic amines) is 1. The number of nitrogens with zero attached hydrogens (tertiary/aromatic N) is 1. The van der Waals surface area contributed by atoms with E-state index in [1.807, 2.05) is 4.90 Å². The molecule has 2 fully saturated rings. The standard InChI is InChI=1S/C15H26N2O2.C10H9F5/c1-12(18)11-15(2)6-9-17(10-7-15)14(19)13-5-3-4-8-16-13;1-6-3-7(9(2,11)12)5-8(4-6)10(13,14)15/h13,16H,3-11H2,1-2H3;3-5H,1-2H3/t13-;/m0./s1. The van der Waals surface area contributed by atoms with Crippen molar-refractivity contribution in [2.45, 2.75) is 84.4 Å². The van der Waals surface area contributed by atoms with Crippen LogP contribution in [0.5, 0.6) is 0 Å². The number of halogens is 5. The fourth-order valence-corrected chi connectivity index (χ4v) is 4.53. The third kappa shape index (κ3) is 8.32. The van der Waals surface area contributed by atoms with Crippen LogP contribution in [0.25, 0.3) is 0 Å². The third-order valence-corrected chi connectivity index (χ3v) is 6.48. The highest BCUT2D eigenvalue weighted by atomic mass is 19.4. The predicted molar refractivity (Wildman–Crippen MR) is 121 cm³/mol. The van der Waals surface area contributed by atoms with Crippen LogP contribution in [0.3, 0.4) is 0 Å². The Bertz CT molecular complexity index is 818. The van der Waals surface area contributed by atoms with E-state index in [-0.39, 0.29) is 28.7 Å². The van der Waals surface area contributed by atoms with Gasteiger partial charge in [0.15, 0.2) is 0 Å². The van der Waals surface area contributed by atoms with Gasteiger partial charge in [0.25, 0.3) is 5.92 Å². The van der Waals surface area contributed by atoms with E-state index in [1.165, 1.54) is 13.3 Å². The molecule has 1 atom stereocenters. The first kappa shape index (κ1) is 28.2. The van der Waals surface area contributed by atoms with Crippen LogP contribution in [0.2, 0.25) is 0 Å². The monoisotopic (exact) mass is 490 g/mol. The summed E-state index contributed by atoms with van der Waals surface area (Å²) in [6.45, 7) is 8.34. The first-order chi connectivity index (χ1) is 15.6. The molecular formula is C25H35F5N2O2. The lowest BCUT2D eigenvalue weighted by atomic mass is 9.76.